The maximum Gasteiger partial charge on any atom is 0.255 e. The van der Waals surface area contributed by atoms with Gasteiger partial charge in [-0.3, -0.25) is 4.79 Å². The van der Waals surface area contributed by atoms with Crippen LogP contribution in [-0.4, -0.2) is 49.1 Å². The number of likely N-dealkylation sites (tertiary alicyclic amines) is 1. The van der Waals surface area contributed by atoms with Crippen molar-refractivity contribution >= 4 is 35.6 Å². The highest BCUT2D eigenvalue weighted by Crippen LogP contribution is 2.31. The highest BCUT2D eigenvalue weighted by molar-refractivity contribution is 6.33. The van der Waals surface area contributed by atoms with Gasteiger partial charge in [0.15, 0.2) is 0 Å². The third-order valence-corrected chi connectivity index (χ3v) is 6.49. The van der Waals surface area contributed by atoms with Crippen molar-refractivity contribution in [2.45, 2.75) is 51.5 Å². The largest absolute Gasteiger partial charge is 0.496 e. The summed E-state index contributed by atoms with van der Waals surface area (Å²) in [6, 6.07) is 3.42. The van der Waals surface area contributed by atoms with E-state index in [9.17, 15) is 4.79 Å². The number of amides is 1. The molecule has 29 heavy (non-hydrogen) atoms. The molecular formula is C21H35Cl2N3O3. The second-order valence-electron chi connectivity index (χ2n) is 8.18. The van der Waals surface area contributed by atoms with Gasteiger partial charge >= 0.3 is 0 Å². The van der Waals surface area contributed by atoms with Gasteiger partial charge in [-0.15, -0.1) is 12.4 Å². The number of hydrogen-bond donors (Lipinski definition) is 2. The Morgan fingerprint density at radius 3 is 2.55 bits per heavy atom. The van der Waals surface area contributed by atoms with E-state index in [1.165, 1.54) is 38.8 Å². The lowest BCUT2D eigenvalue weighted by Gasteiger charge is -2.38. The average Bonchev–Trinajstić information content (AvgIpc) is 2.66. The molecule has 3 rings (SSSR count). The van der Waals surface area contributed by atoms with Crippen LogP contribution in [0.25, 0.3) is 0 Å². The van der Waals surface area contributed by atoms with Crippen LogP contribution in [0.2, 0.25) is 5.02 Å². The highest BCUT2D eigenvalue weighted by Gasteiger charge is 2.30. The lowest BCUT2D eigenvalue weighted by Crippen LogP contribution is -2.47. The second kappa shape index (κ2) is 11.8. The predicted molar refractivity (Wildman–Crippen MR) is 121 cm³/mol. The first-order chi connectivity index (χ1) is 13.0. The Morgan fingerprint density at radius 2 is 1.90 bits per heavy atom. The zero-order valence-corrected chi connectivity index (χ0v) is 19.0. The summed E-state index contributed by atoms with van der Waals surface area (Å²) in [5.41, 5.74) is 6.70. The van der Waals surface area contributed by atoms with Crippen molar-refractivity contribution in [2.75, 3.05) is 32.5 Å². The molecule has 1 saturated heterocycles. The van der Waals surface area contributed by atoms with E-state index in [-0.39, 0.29) is 29.8 Å². The maximum absolute atomic E-state index is 12.9. The summed E-state index contributed by atoms with van der Waals surface area (Å²) >= 11 is 6.13. The summed E-state index contributed by atoms with van der Waals surface area (Å²) in [5.74, 6) is 1.68. The molecule has 0 aromatic heterocycles. The Bertz CT molecular complexity index is 667. The number of methoxy groups -OCH3 is 1. The Kier molecular flexibility index (Phi) is 10.5. The van der Waals surface area contributed by atoms with Crippen LogP contribution in [0.1, 0.15) is 55.8 Å². The first-order valence-electron chi connectivity index (χ1n) is 10.1. The van der Waals surface area contributed by atoms with Gasteiger partial charge in [0, 0.05) is 18.7 Å². The van der Waals surface area contributed by atoms with Gasteiger partial charge in [0.2, 0.25) is 0 Å². The topological polar surface area (TPSA) is 99.1 Å². The van der Waals surface area contributed by atoms with Crippen molar-refractivity contribution in [3.05, 3.63) is 22.7 Å². The number of piperidine rings is 1. The zero-order chi connectivity index (χ0) is 19.4. The van der Waals surface area contributed by atoms with Crippen LogP contribution < -0.4 is 15.8 Å². The Balaban J connectivity index is 0.00000210. The average molecular weight is 448 g/mol. The highest BCUT2D eigenvalue weighted by atomic mass is 35.5. The molecule has 1 heterocycles. The normalized spacial score (nSPS) is 22.9. The van der Waals surface area contributed by atoms with E-state index in [0.29, 0.717) is 27.9 Å². The molecule has 2 unspecified atom stereocenters. The third-order valence-electron chi connectivity index (χ3n) is 6.16. The molecule has 1 aliphatic carbocycles. The molecule has 1 amide bonds. The summed E-state index contributed by atoms with van der Waals surface area (Å²) in [5, 5.41) is 3.64. The van der Waals surface area contributed by atoms with Gasteiger partial charge in [-0.25, -0.2) is 0 Å². The standard InChI is InChI=1S/C21H32ClN3O2.ClH.H2O/c1-14-7-9-25(10-8-14)13-15-5-3-4-6-19(15)24-21(26)16-11-17(22)18(23)12-20(16)27-2;;/h11-12,14-15,19H,3-10,13,23H2,1-2H3,(H,24,26);1H;1H2. The second-order valence-corrected chi connectivity index (χ2v) is 8.59. The number of benzene rings is 1. The number of nitrogens with two attached hydrogens (primary N) is 1. The van der Waals surface area contributed by atoms with Crippen molar-refractivity contribution in [2.24, 2.45) is 11.8 Å². The van der Waals surface area contributed by atoms with E-state index >= 15 is 0 Å². The van der Waals surface area contributed by atoms with Gasteiger partial charge in [-0.2, -0.15) is 0 Å². The molecule has 0 bridgehead atoms. The third kappa shape index (κ3) is 6.64. The molecule has 8 heteroatoms. The van der Waals surface area contributed by atoms with Crippen LogP contribution in [0.4, 0.5) is 5.69 Å². The van der Waals surface area contributed by atoms with Crippen molar-refractivity contribution in [3.63, 3.8) is 0 Å². The van der Waals surface area contributed by atoms with E-state index in [2.05, 4.69) is 17.1 Å². The predicted octanol–water partition coefficient (Wildman–Crippen LogP) is 3.55. The molecule has 1 saturated carbocycles. The molecule has 2 fully saturated rings. The van der Waals surface area contributed by atoms with Crippen molar-refractivity contribution < 1.29 is 15.0 Å². The summed E-state index contributed by atoms with van der Waals surface area (Å²) in [6.07, 6.45) is 7.19. The van der Waals surface area contributed by atoms with Crippen LogP contribution in [0.3, 0.4) is 0 Å². The minimum absolute atomic E-state index is 0. The van der Waals surface area contributed by atoms with Crippen LogP contribution in [0.5, 0.6) is 5.75 Å². The number of rotatable bonds is 5. The van der Waals surface area contributed by atoms with Crippen molar-refractivity contribution in [3.8, 4) is 5.75 Å². The number of hydrogen-bond acceptors (Lipinski definition) is 4. The van der Waals surface area contributed by atoms with E-state index in [4.69, 9.17) is 22.1 Å². The molecule has 166 valence electrons. The summed E-state index contributed by atoms with van der Waals surface area (Å²) in [7, 11) is 1.54. The fourth-order valence-electron chi connectivity index (χ4n) is 4.35. The van der Waals surface area contributed by atoms with Crippen LogP contribution in [0, 0.1) is 11.8 Å². The fraction of sp³-hybridized carbons (Fsp3) is 0.667. The molecule has 1 aliphatic heterocycles. The van der Waals surface area contributed by atoms with E-state index in [1.807, 2.05) is 0 Å². The molecule has 6 nitrogen and oxygen atoms in total. The van der Waals surface area contributed by atoms with Crippen LogP contribution in [0.15, 0.2) is 12.1 Å². The molecular weight excluding hydrogens is 413 g/mol. The molecule has 2 aliphatic rings. The lowest BCUT2D eigenvalue weighted by atomic mass is 9.83. The summed E-state index contributed by atoms with van der Waals surface area (Å²) in [4.78, 5) is 15.5. The van der Waals surface area contributed by atoms with Gasteiger partial charge in [0.25, 0.3) is 5.91 Å². The monoisotopic (exact) mass is 447 g/mol. The number of nitrogen functional groups attached to an aromatic ring is 1. The quantitative estimate of drug-likeness (QED) is 0.673. The Morgan fingerprint density at radius 1 is 1.24 bits per heavy atom. The van der Waals surface area contributed by atoms with Crippen LogP contribution >= 0.6 is 24.0 Å². The van der Waals surface area contributed by atoms with E-state index < -0.39 is 0 Å². The first kappa shape index (κ1) is 25.8. The number of nitrogens with zero attached hydrogens (tertiary/aromatic N) is 1. The van der Waals surface area contributed by atoms with Gasteiger partial charge in [0.1, 0.15) is 5.75 Å². The summed E-state index contributed by atoms with van der Waals surface area (Å²) < 4.78 is 5.34. The summed E-state index contributed by atoms with van der Waals surface area (Å²) in [6.45, 7) is 5.78. The fourth-order valence-corrected chi connectivity index (χ4v) is 4.52. The number of carbonyl (C=O) groups excluding carboxylic acids is 1. The van der Waals surface area contributed by atoms with Crippen molar-refractivity contribution in [1.29, 1.82) is 0 Å². The lowest BCUT2D eigenvalue weighted by molar-refractivity contribution is 0.0865. The smallest absolute Gasteiger partial charge is 0.255 e. The zero-order valence-electron chi connectivity index (χ0n) is 17.4. The number of carbonyl (C=O) groups is 1. The van der Waals surface area contributed by atoms with E-state index in [1.54, 1.807) is 19.2 Å². The minimum Gasteiger partial charge on any atom is -0.496 e. The van der Waals surface area contributed by atoms with Gasteiger partial charge in [-0.05, 0) is 56.7 Å². The molecule has 2 atom stereocenters. The SMILES string of the molecule is COc1cc(N)c(Cl)cc1C(=O)NC1CCCCC1CN1CCC(C)CC1.Cl.O. The van der Waals surface area contributed by atoms with Crippen LogP contribution in [-0.2, 0) is 0 Å². The molecule has 1 aromatic rings. The number of anilines is 1. The van der Waals surface area contributed by atoms with Crippen molar-refractivity contribution in [1.82, 2.24) is 10.2 Å². The number of halogens is 2. The molecule has 0 spiro atoms. The Labute approximate surface area is 185 Å². The first-order valence-corrected chi connectivity index (χ1v) is 10.5. The van der Waals surface area contributed by atoms with Gasteiger partial charge < -0.3 is 26.2 Å². The number of ether oxygens (including phenoxy) is 1. The molecule has 0 radical (unpaired) electrons. The number of nitrogens with one attached hydrogen (secondary N) is 1. The van der Waals surface area contributed by atoms with E-state index in [0.717, 1.165) is 25.3 Å². The maximum atomic E-state index is 12.9. The van der Waals surface area contributed by atoms with Gasteiger partial charge in [0.05, 0.1) is 23.4 Å². The van der Waals surface area contributed by atoms with Gasteiger partial charge in [-0.1, -0.05) is 31.4 Å². The molecule has 1 aromatic carbocycles. The minimum atomic E-state index is -0.127. The molecule has 5 N–H and O–H groups in total. The Hall–Kier alpha value is -1.21.